The van der Waals surface area contributed by atoms with E-state index >= 15 is 0 Å². The van der Waals surface area contributed by atoms with Crippen molar-refractivity contribution in [2.75, 3.05) is 26.2 Å². The van der Waals surface area contributed by atoms with Crippen LogP contribution in [-0.2, 0) is 4.79 Å². The molecule has 1 aromatic heterocycles. The smallest absolute Gasteiger partial charge is 0.294 e. The van der Waals surface area contributed by atoms with E-state index in [1.54, 1.807) is 24.3 Å². The number of methoxy groups -OCH3 is 3. The minimum atomic E-state index is -1.03. The fourth-order valence-electron chi connectivity index (χ4n) is 4.75. The van der Waals surface area contributed by atoms with Crippen molar-refractivity contribution in [3.8, 4) is 17.2 Å². The lowest BCUT2D eigenvalue weighted by atomic mass is 9.99. The second-order valence-corrected chi connectivity index (χ2v) is 8.79. The highest BCUT2D eigenvalue weighted by Gasteiger charge is 2.37. The summed E-state index contributed by atoms with van der Waals surface area (Å²) < 4.78 is 22.1. The zero-order valence-electron chi connectivity index (χ0n) is 21.1. The molecule has 2 amide bonds. The standard InChI is InChI=1S/C28H32N2O6/c1-18-10-5-8-13-21(18)30(28(32)22-14-9-15-36-22)25(27(31)29-20-11-6-7-12-20)19-16-23(33-2)26(35-4)24(17-19)34-3/h5,8-10,13-17,20,25H,6-7,11-12H2,1-4H3,(H,29,31)/t25-/m1/s1. The van der Waals surface area contributed by atoms with Crippen LogP contribution >= 0.6 is 0 Å². The molecular formula is C28H32N2O6. The van der Waals surface area contributed by atoms with E-state index in [4.69, 9.17) is 18.6 Å². The van der Waals surface area contributed by atoms with Crippen LogP contribution in [0.4, 0.5) is 5.69 Å². The quantitative estimate of drug-likeness (QED) is 0.449. The van der Waals surface area contributed by atoms with Gasteiger partial charge in [-0.15, -0.1) is 0 Å². The molecule has 36 heavy (non-hydrogen) atoms. The number of carbonyl (C=O) groups is 2. The van der Waals surface area contributed by atoms with Crippen molar-refractivity contribution >= 4 is 17.5 Å². The maximum Gasteiger partial charge on any atom is 0.294 e. The third kappa shape index (κ3) is 5.03. The maximum absolute atomic E-state index is 14.0. The molecule has 2 aromatic carbocycles. The molecular weight excluding hydrogens is 460 g/mol. The average molecular weight is 493 g/mol. The summed E-state index contributed by atoms with van der Waals surface area (Å²) in [7, 11) is 4.55. The molecule has 1 aliphatic carbocycles. The van der Waals surface area contributed by atoms with Gasteiger partial charge in [0.05, 0.1) is 27.6 Å². The van der Waals surface area contributed by atoms with Crippen molar-refractivity contribution in [2.45, 2.75) is 44.7 Å². The molecule has 1 aliphatic rings. The summed E-state index contributed by atoms with van der Waals surface area (Å²) in [5, 5.41) is 3.17. The lowest BCUT2D eigenvalue weighted by Gasteiger charge is -2.33. The van der Waals surface area contributed by atoms with E-state index in [1.807, 2.05) is 31.2 Å². The number of hydrogen-bond acceptors (Lipinski definition) is 6. The summed E-state index contributed by atoms with van der Waals surface area (Å²) in [6.07, 6.45) is 5.38. The number of rotatable bonds is 9. The zero-order chi connectivity index (χ0) is 25.7. The molecule has 1 fully saturated rings. The van der Waals surface area contributed by atoms with Crippen LogP contribution in [0.15, 0.2) is 59.2 Å². The molecule has 4 rings (SSSR count). The Morgan fingerprint density at radius 1 is 0.972 bits per heavy atom. The Balaban J connectivity index is 1.92. The molecule has 0 radical (unpaired) electrons. The molecule has 0 bridgehead atoms. The number of anilines is 1. The Kier molecular flexibility index (Phi) is 7.83. The average Bonchev–Trinajstić information content (AvgIpc) is 3.61. The van der Waals surface area contributed by atoms with Crippen molar-refractivity contribution in [2.24, 2.45) is 0 Å². The highest BCUT2D eigenvalue weighted by Crippen LogP contribution is 2.42. The lowest BCUT2D eigenvalue weighted by Crippen LogP contribution is -2.46. The first-order chi connectivity index (χ1) is 17.5. The van der Waals surface area contributed by atoms with Crippen molar-refractivity contribution in [1.29, 1.82) is 0 Å². The minimum absolute atomic E-state index is 0.0551. The van der Waals surface area contributed by atoms with Gasteiger partial charge in [-0.2, -0.15) is 0 Å². The highest BCUT2D eigenvalue weighted by atomic mass is 16.5. The molecule has 1 heterocycles. The second-order valence-electron chi connectivity index (χ2n) is 8.79. The van der Waals surface area contributed by atoms with E-state index in [0.29, 0.717) is 28.5 Å². The number of furan rings is 1. The van der Waals surface area contributed by atoms with Crippen LogP contribution in [0, 0.1) is 6.92 Å². The monoisotopic (exact) mass is 492 g/mol. The van der Waals surface area contributed by atoms with Crippen molar-refractivity contribution in [3.63, 3.8) is 0 Å². The lowest BCUT2D eigenvalue weighted by molar-refractivity contribution is -0.123. The van der Waals surface area contributed by atoms with Gasteiger partial charge in [0.15, 0.2) is 17.3 Å². The Morgan fingerprint density at radius 3 is 2.19 bits per heavy atom. The first-order valence-electron chi connectivity index (χ1n) is 12.0. The summed E-state index contributed by atoms with van der Waals surface area (Å²) in [4.78, 5) is 29.4. The summed E-state index contributed by atoms with van der Waals surface area (Å²) in [5.41, 5.74) is 1.95. The third-order valence-corrected chi connectivity index (χ3v) is 6.54. The van der Waals surface area contributed by atoms with Gasteiger partial charge in [-0.05, 0) is 61.2 Å². The molecule has 1 N–H and O–H groups in total. The topological polar surface area (TPSA) is 90.2 Å². The number of aryl methyl sites for hydroxylation is 1. The second kappa shape index (κ2) is 11.2. The summed E-state index contributed by atoms with van der Waals surface area (Å²) in [6.45, 7) is 1.90. The number of nitrogens with zero attached hydrogens (tertiary/aromatic N) is 1. The van der Waals surface area contributed by atoms with Crippen LogP contribution in [-0.4, -0.2) is 39.2 Å². The van der Waals surface area contributed by atoms with Crippen LogP contribution in [0.5, 0.6) is 17.2 Å². The molecule has 8 nitrogen and oxygen atoms in total. The minimum Gasteiger partial charge on any atom is -0.493 e. The fraction of sp³-hybridized carbons (Fsp3) is 0.357. The first kappa shape index (κ1) is 25.2. The number of carbonyl (C=O) groups excluding carboxylic acids is 2. The van der Waals surface area contributed by atoms with Gasteiger partial charge < -0.3 is 23.9 Å². The molecule has 1 atom stereocenters. The van der Waals surface area contributed by atoms with Gasteiger partial charge in [0.1, 0.15) is 6.04 Å². The normalized spacial score (nSPS) is 14.2. The van der Waals surface area contributed by atoms with Crippen LogP contribution in [0.2, 0.25) is 0 Å². The van der Waals surface area contributed by atoms with Gasteiger partial charge in [0.2, 0.25) is 11.7 Å². The van der Waals surface area contributed by atoms with Crippen LogP contribution in [0.3, 0.4) is 0 Å². The third-order valence-electron chi connectivity index (χ3n) is 6.54. The molecule has 0 aliphatic heterocycles. The van der Waals surface area contributed by atoms with Gasteiger partial charge >= 0.3 is 0 Å². The number of hydrogen-bond donors (Lipinski definition) is 1. The summed E-state index contributed by atoms with van der Waals surface area (Å²) in [5.74, 6) is 0.582. The van der Waals surface area contributed by atoms with E-state index in [9.17, 15) is 9.59 Å². The SMILES string of the molecule is COc1cc([C@H](C(=O)NC2CCCC2)N(C(=O)c2ccco2)c2ccccc2C)cc(OC)c1OC. The first-order valence-corrected chi connectivity index (χ1v) is 12.0. The number of benzene rings is 2. The van der Waals surface area contributed by atoms with Crippen LogP contribution < -0.4 is 24.4 Å². The Bertz CT molecular complexity index is 1180. The van der Waals surface area contributed by atoms with E-state index in [0.717, 1.165) is 31.2 Å². The largest absolute Gasteiger partial charge is 0.493 e. The predicted molar refractivity (Wildman–Crippen MR) is 136 cm³/mol. The molecule has 190 valence electrons. The number of nitrogens with one attached hydrogen (secondary N) is 1. The predicted octanol–water partition coefficient (Wildman–Crippen LogP) is 5.06. The van der Waals surface area contributed by atoms with Gasteiger partial charge in [0, 0.05) is 11.7 Å². The van der Waals surface area contributed by atoms with E-state index < -0.39 is 11.9 Å². The van der Waals surface area contributed by atoms with E-state index in [2.05, 4.69) is 5.32 Å². The van der Waals surface area contributed by atoms with Crippen molar-refractivity contribution in [1.82, 2.24) is 5.32 Å². The molecule has 0 saturated heterocycles. The van der Waals surface area contributed by atoms with E-state index in [-0.39, 0.29) is 17.7 Å². The van der Waals surface area contributed by atoms with E-state index in [1.165, 1.54) is 32.5 Å². The molecule has 1 saturated carbocycles. The summed E-state index contributed by atoms with van der Waals surface area (Å²) in [6, 6.07) is 13.1. The Hall–Kier alpha value is -3.94. The Morgan fingerprint density at radius 2 is 1.64 bits per heavy atom. The van der Waals surface area contributed by atoms with Crippen LogP contribution in [0.25, 0.3) is 0 Å². The van der Waals surface area contributed by atoms with Gasteiger partial charge in [0.25, 0.3) is 5.91 Å². The maximum atomic E-state index is 14.0. The molecule has 8 heteroatoms. The van der Waals surface area contributed by atoms with Gasteiger partial charge in [-0.3, -0.25) is 14.5 Å². The van der Waals surface area contributed by atoms with Gasteiger partial charge in [-0.25, -0.2) is 0 Å². The zero-order valence-corrected chi connectivity index (χ0v) is 21.1. The van der Waals surface area contributed by atoms with Gasteiger partial charge in [-0.1, -0.05) is 31.0 Å². The van der Waals surface area contributed by atoms with Crippen molar-refractivity contribution < 1.29 is 28.2 Å². The molecule has 0 unspecified atom stereocenters. The molecule has 0 spiro atoms. The highest BCUT2D eigenvalue weighted by molar-refractivity contribution is 6.09. The number of para-hydroxylation sites is 1. The molecule has 3 aromatic rings. The Labute approximate surface area is 211 Å². The fourth-order valence-corrected chi connectivity index (χ4v) is 4.75. The number of ether oxygens (including phenoxy) is 3. The van der Waals surface area contributed by atoms with Crippen LogP contribution in [0.1, 0.15) is 53.4 Å². The number of amides is 2. The summed E-state index contributed by atoms with van der Waals surface area (Å²) >= 11 is 0. The van der Waals surface area contributed by atoms with Crippen molar-refractivity contribution in [3.05, 3.63) is 71.7 Å².